The Morgan fingerprint density at radius 1 is 1.07 bits per heavy atom. The Balaban J connectivity index is 0.00000420. The zero-order valence-electron chi connectivity index (χ0n) is 22.4. The molecule has 224 valence electrons. The molecule has 1 aromatic heterocycles. The summed E-state index contributed by atoms with van der Waals surface area (Å²) in [5, 5.41) is 4.86. The Labute approximate surface area is 239 Å². The summed E-state index contributed by atoms with van der Waals surface area (Å²) in [5.41, 5.74) is -1.21. The summed E-state index contributed by atoms with van der Waals surface area (Å²) in [6.45, 7) is 2.71. The third-order valence-electron chi connectivity index (χ3n) is 5.55. The molecule has 0 bridgehead atoms. The number of hydrogen-bond donors (Lipinski definition) is 3. The van der Waals surface area contributed by atoms with Crippen molar-refractivity contribution in [1.82, 2.24) is 15.2 Å². The molecule has 0 atom stereocenters. The molecule has 2 amide bonds. The van der Waals surface area contributed by atoms with Gasteiger partial charge in [-0.2, -0.15) is 13.2 Å². The first-order chi connectivity index (χ1) is 18.4. The molecule has 0 saturated heterocycles. The second-order valence-electron chi connectivity index (χ2n) is 8.90. The first kappa shape index (κ1) is 35.1. The van der Waals surface area contributed by atoms with Crippen molar-refractivity contribution < 1.29 is 37.4 Å². The molecule has 9 nitrogen and oxygen atoms in total. The number of carbonyl (C=O) groups excluding carboxylic acids is 2. The fraction of sp³-hybridized carbons (Fsp3) is 0.296. The van der Waals surface area contributed by atoms with Crippen LogP contribution in [0.2, 0.25) is 0 Å². The largest absolute Gasteiger partial charge is 0.493 e. The van der Waals surface area contributed by atoms with Crippen LogP contribution in [0, 0.1) is 5.82 Å². The maximum absolute atomic E-state index is 14.9. The molecule has 0 unspecified atom stereocenters. The topological polar surface area (TPSA) is 135 Å². The van der Waals surface area contributed by atoms with E-state index in [9.17, 15) is 31.9 Å². The normalized spacial score (nSPS) is 10.8. The van der Waals surface area contributed by atoms with Crippen LogP contribution in [0.25, 0.3) is 11.1 Å². The Kier molecular flexibility index (Phi) is 13.0. The Morgan fingerprint density at radius 2 is 1.78 bits per heavy atom. The van der Waals surface area contributed by atoms with E-state index in [1.165, 1.54) is 30.5 Å². The average Bonchev–Trinajstić information content (AvgIpc) is 2.84. The number of halogens is 5. The molecule has 1 heterocycles. The molecule has 0 radical (unpaired) electrons. The van der Waals surface area contributed by atoms with Crippen LogP contribution < -0.4 is 20.9 Å². The average molecular weight is 603 g/mol. The van der Waals surface area contributed by atoms with Gasteiger partial charge in [0.15, 0.2) is 0 Å². The van der Waals surface area contributed by atoms with E-state index in [-0.39, 0.29) is 59.2 Å². The highest BCUT2D eigenvalue weighted by Gasteiger charge is 2.32. The molecule has 0 aliphatic heterocycles. The molecular formula is C27H31ClF4N4O5. The number of aromatic amines is 1. The van der Waals surface area contributed by atoms with E-state index in [4.69, 9.17) is 4.74 Å². The number of benzene rings is 2. The van der Waals surface area contributed by atoms with Gasteiger partial charge >= 0.3 is 6.18 Å². The predicted molar refractivity (Wildman–Crippen MR) is 149 cm³/mol. The summed E-state index contributed by atoms with van der Waals surface area (Å²) in [7, 11) is 3.56. The van der Waals surface area contributed by atoms with Crippen molar-refractivity contribution >= 4 is 29.9 Å². The molecule has 14 heteroatoms. The lowest BCUT2D eigenvalue weighted by atomic mass is 10.0. The molecular weight excluding hydrogens is 572 g/mol. The van der Waals surface area contributed by atoms with Crippen LogP contribution in [0.15, 0.2) is 53.5 Å². The number of nitrogens with one attached hydrogen (secondary N) is 3. The van der Waals surface area contributed by atoms with Crippen LogP contribution >= 0.6 is 12.4 Å². The van der Waals surface area contributed by atoms with Gasteiger partial charge in [-0.05, 0) is 56.4 Å². The third kappa shape index (κ3) is 9.88. The number of alkyl halides is 3. The van der Waals surface area contributed by atoms with Crippen LogP contribution in [-0.2, 0) is 17.4 Å². The van der Waals surface area contributed by atoms with Crippen molar-refractivity contribution in [1.29, 1.82) is 0 Å². The number of amides is 2. The lowest BCUT2D eigenvalue weighted by molar-refractivity contribution is -0.137. The first-order valence-corrected chi connectivity index (χ1v) is 12.0. The monoisotopic (exact) mass is 602 g/mol. The SMILES string of the molecule is CCOc1cc(=O)[nH]cc1-c1ccc(CC(=O)Nc2cc(C(=O)NCCN(C)C)cc(C(F)(F)F)c2)c(F)c1.Cl.O. The molecule has 0 saturated carbocycles. The van der Waals surface area contributed by atoms with Gasteiger partial charge in [-0.15, -0.1) is 12.4 Å². The van der Waals surface area contributed by atoms with Crippen molar-refractivity contribution in [3.05, 3.63) is 81.5 Å². The minimum Gasteiger partial charge on any atom is -0.493 e. The summed E-state index contributed by atoms with van der Waals surface area (Å²) < 4.78 is 60.7. The molecule has 0 spiro atoms. The molecule has 0 aliphatic carbocycles. The van der Waals surface area contributed by atoms with E-state index < -0.39 is 35.8 Å². The first-order valence-electron chi connectivity index (χ1n) is 12.0. The number of aromatic nitrogens is 1. The predicted octanol–water partition coefficient (Wildman–Crippen LogP) is 3.67. The fourth-order valence-corrected chi connectivity index (χ4v) is 3.68. The maximum atomic E-state index is 14.9. The van der Waals surface area contributed by atoms with Crippen LogP contribution in [0.5, 0.6) is 5.75 Å². The van der Waals surface area contributed by atoms with Gasteiger partial charge in [-0.3, -0.25) is 14.4 Å². The second-order valence-corrected chi connectivity index (χ2v) is 8.90. The number of pyridine rings is 1. The van der Waals surface area contributed by atoms with Crippen molar-refractivity contribution in [3.63, 3.8) is 0 Å². The molecule has 0 fully saturated rings. The van der Waals surface area contributed by atoms with E-state index in [0.29, 0.717) is 29.8 Å². The summed E-state index contributed by atoms with van der Waals surface area (Å²) in [4.78, 5) is 41.0. The van der Waals surface area contributed by atoms with Gasteiger partial charge < -0.3 is 30.7 Å². The van der Waals surface area contributed by atoms with Crippen LogP contribution in [0.3, 0.4) is 0 Å². The van der Waals surface area contributed by atoms with Crippen LogP contribution in [0.4, 0.5) is 23.2 Å². The minimum absolute atomic E-state index is 0. The molecule has 2 aromatic carbocycles. The van der Waals surface area contributed by atoms with Gasteiger partial charge in [0.1, 0.15) is 11.6 Å². The highest BCUT2D eigenvalue weighted by molar-refractivity contribution is 5.98. The van der Waals surface area contributed by atoms with Crippen LogP contribution in [-0.4, -0.2) is 61.0 Å². The summed E-state index contributed by atoms with van der Waals surface area (Å²) >= 11 is 0. The number of H-pyrrole nitrogens is 1. The summed E-state index contributed by atoms with van der Waals surface area (Å²) in [6, 6.07) is 7.83. The van der Waals surface area contributed by atoms with E-state index in [1.807, 2.05) is 0 Å². The number of nitrogens with zero attached hydrogens (tertiary/aromatic N) is 1. The third-order valence-corrected chi connectivity index (χ3v) is 5.55. The lowest BCUT2D eigenvalue weighted by Crippen LogP contribution is -2.31. The fourth-order valence-electron chi connectivity index (χ4n) is 3.68. The highest BCUT2D eigenvalue weighted by Crippen LogP contribution is 2.32. The van der Waals surface area contributed by atoms with Crippen LogP contribution in [0.1, 0.15) is 28.4 Å². The van der Waals surface area contributed by atoms with E-state index in [1.54, 1.807) is 25.9 Å². The van der Waals surface area contributed by atoms with Crippen molar-refractivity contribution in [2.24, 2.45) is 0 Å². The lowest BCUT2D eigenvalue weighted by Gasteiger charge is -2.14. The van der Waals surface area contributed by atoms with Gasteiger partial charge in [0.25, 0.3) is 11.5 Å². The van der Waals surface area contributed by atoms with Gasteiger partial charge in [0.05, 0.1) is 18.6 Å². The number of ether oxygens (including phenoxy) is 1. The number of likely N-dealkylation sites (N-methyl/N-ethyl adjacent to an activating group) is 1. The zero-order chi connectivity index (χ0) is 28.7. The number of rotatable bonds is 10. The zero-order valence-corrected chi connectivity index (χ0v) is 23.3. The smallest absolute Gasteiger partial charge is 0.416 e. The standard InChI is InChI=1S/C27H28F4N4O4.ClH.H2O/c1-4-39-23-14-24(36)33-15-21(23)16-5-6-17(22(28)11-16)12-25(37)34-20-10-18(9-19(13-20)27(29,30)31)26(38)32-7-8-35(2)3;;/h5-6,9-11,13-15H,4,7-8,12H2,1-3H3,(H,32,38)(H,33,36)(H,34,37);1H;1H2. The van der Waals surface area contributed by atoms with Crippen molar-refractivity contribution in [3.8, 4) is 16.9 Å². The quantitative estimate of drug-likeness (QED) is 0.304. The van der Waals surface area contributed by atoms with E-state index in [2.05, 4.69) is 15.6 Å². The summed E-state index contributed by atoms with van der Waals surface area (Å²) in [5.74, 6) is -1.98. The molecule has 3 aromatic rings. The summed E-state index contributed by atoms with van der Waals surface area (Å²) in [6.07, 6.45) is -3.85. The van der Waals surface area contributed by atoms with E-state index in [0.717, 1.165) is 6.07 Å². The number of carbonyl (C=O) groups is 2. The minimum atomic E-state index is -4.76. The highest BCUT2D eigenvalue weighted by atomic mass is 35.5. The van der Waals surface area contributed by atoms with Gasteiger partial charge in [-0.25, -0.2) is 4.39 Å². The Bertz CT molecular complexity index is 1410. The van der Waals surface area contributed by atoms with Crippen molar-refractivity contribution in [2.75, 3.05) is 39.1 Å². The van der Waals surface area contributed by atoms with Gasteiger partial charge in [-0.1, -0.05) is 12.1 Å². The molecule has 0 aliphatic rings. The van der Waals surface area contributed by atoms with Gasteiger partial charge in [0.2, 0.25) is 5.91 Å². The number of anilines is 1. The van der Waals surface area contributed by atoms with Crippen molar-refractivity contribution in [2.45, 2.75) is 19.5 Å². The van der Waals surface area contributed by atoms with E-state index >= 15 is 0 Å². The Hall–Kier alpha value is -3.94. The second kappa shape index (κ2) is 15.2. The molecule has 5 N–H and O–H groups in total. The Morgan fingerprint density at radius 3 is 2.39 bits per heavy atom. The molecule has 41 heavy (non-hydrogen) atoms. The molecule has 3 rings (SSSR count). The van der Waals surface area contributed by atoms with Gasteiger partial charge in [0, 0.05) is 42.2 Å². The maximum Gasteiger partial charge on any atom is 0.416 e. The number of hydrogen-bond acceptors (Lipinski definition) is 5.